The molecular formula is C18H41NP+. The van der Waals surface area contributed by atoms with Gasteiger partial charge in [-0.3, -0.25) is 0 Å². The molecule has 1 nitrogen and oxygen atoms in total. The van der Waals surface area contributed by atoms with E-state index in [1.54, 1.807) is 0 Å². The van der Waals surface area contributed by atoms with Gasteiger partial charge < -0.3 is 4.48 Å². The lowest BCUT2D eigenvalue weighted by Crippen LogP contribution is -2.48. The molecule has 0 aromatic carbocycles. The number of unbranched alkanes of at least 4 members (excludes halogenated alkanes) is 1. The summed E-state index contributed by atoms with van der Waals surface area (Å²) in [5, 5.41) is 0.972. The summed E-state index contributed by atoms with van der Waals surface area (Å²) in [6.45, 7) is 26.9. The van der Waals surface area contributed by atoms with Gasteiger partial charge in [-0.15, -0.1) is 0 Å². The largest absolute Gasteiger partial charge is 0.324 e. The van der Waals surface area contributed by atoms with E-state index in [9.17, 15) is 0 Å². The van der Waals surface area contributed by atoms with Gasteiger partial charge in [-0.1, -0.05) is 49.5 Å². The molecule has 0 saturated heterocycles. The summed E-state index contributed by atoms with van der Waals surface area (Å²) >= 11 is 0. The predicted octanol–water partition coefficient (Wildman–Crippen LogP) is 5.72. The van der Waals surface area contributed by atoms with Gasteiger partial charge in [0.2, 0.25) is 0 Å². The topological polar surface area (TPSA) is 0 Å². The van der Waals surface area contributed by atoms with Crippen LogP contribution in [0.15, 0.2) is 0 Å². The van der Waals surface area contributed by atoms with Gasteiger partial charge in [0.1, 0.15) is 0 Å². The van der Waals surface area contributed by atoms with E-state index in [2.05, 4.69) is 62.3 Å². The highest BCUT2D eigenvalue weighted by Crippen LogP contribution is 2.59. The van der Waals surface area contributed by atoms with Crippen LogP contribution in [0.5, 0.6) is 0 Å². The molecule has 0 rings (SSSR count). The molecule has 0 fully saturated rings. The Kier molecular flexibility index (Phi) is 8.29. The molecule has 0 aliphatic carbocycles. The van der Waals surface area contributed by atoms with Gasteiger partial charge in [-0.05, 0) is 50.1 Å². The second-order valence-electron chi connectivity index (χ2n) is 8.21. The van der Waals surface area contributed by atoms with Gasteiger partial charge in [-0.25, -0.2) is 0 Å². The first-order valence-corrected chi connectivity index (χ1v) is 10.2. The van der Waals surface area contributed by atoms with Crippen LogP contribution in [-0.2, 0) is 0 Å². The van der Waals surface area contributed by atoms with E-state index < -0.39 is 0 Å². The molecule has 0 bridgehead atoms. The Bertz CT molecular complexity index is 233. The molecule has 0 spiro atoms. The third-order valence-corrected chi connectivity index (χ3v) is 8.90. The fourth-order valence-corrected chi connectivity index (χ4v) is 7.43. The van der Waals surface area contributed by atoms with Crippen molar-refractivity contribution < 1.29 is 4.48 Å². The van der Waals surface area contributed by atoms with E-state index in [0.29, 0.717) is 10.3 Å². The number of rotatable bonds is 8. The van der Waals surface area contributed by atoms with Crippen molar-refractivity contribution >= 4 is 7.92 Å². The van der Waals surface area contributed by atoms with Crippen LogP contribution in [0.4, 0.5) is 0 Å². The summed E-state index contributed by atoms with van der Waals surface area (Å²) in [4.78, 5) is 0. The molecular weight excluding hydrogens is 261 g/mol. The molecule has 20 heavy (non-hydrogen) atoms. The number of quaternary nitrogens is 1. The number of hydrogen-bond acceptors (Lipinski definition) is 0. The zero-order chi connectivity index (χ0) is 16.0. The van der Waals surface area contributed by atoms with E-state index in [-0.39, 0.29) is 7.92 Å². The van der Waals surface area contributed by atoms with Gasteiger partial charge in [0.15, 0.2) is 0 Å². The maximum absolute atomic E-state index is 2.44. The Balaban J connectivity index is 4.40. The van der Waals surface area contributed by atoms with Crippen molar-refractivity contribution in [1.82, 2.24) is 0 Å². The molecule has 0 aromatic heterocycles. The second-order valence-corrected chi connectivity index (χ2v) is 12.2. The van der Waals surface area contributed by atoms with Crippen LogP contribution in [0.1, 0.15) is 75.2 Å². The Morgan fingerprint density at radius 2 is 1.10 bits per heavy atom. The first-order chi connectivity index (χ1) is 9.02. The van der Waals surface area contributed by atoms with Crippen LogP contribution in [0.3, 0.4) is 0 Å². The molecule has 0 heterocycles. The second kappa shape index (κ2) is 8.14. The monoisotopic (exact) mass is 302 g/mol. The Labute approximate surface area is 130 Å². The van der Waals surface area contributed by atoms with Crippen molar-refractivity contribution in [2.75, 3.05) is 32.3 Å². The number of nitrogens with zero attached hydrogens (tertiary/aromatic N) is 1. The first-order valence-electron chi connectivity index (χ1n) is 8.65. The van der Waals surface area contributed by atoms with E-state index in [1.807, 2.05) is 0 Å². The SMILES string of the molecule is CC[N+](CC)(CC)CCCCP(C(C)(C)C)C(C)(C)C. The van der Waals surface area contributed by atoms with Gasteiger partial charge in [0, 0.05) is 0 Å². The minimum atomic E-state index is 0.0901. The van der Waals surface area contributed by atoms with Gasteiger partial charge in [0.05, 0.1) is 26.2 Å². The third-order valence-electron chi connectivity index (χ3n) is 4.90. The summed E-state index contributed by atoms with van der Waals surface area (Å²) in [7, 11) is 0.0901. The lowest BCUT2D eigenvalue weighted by atomic mass is 10.2. The van der Waals surface area contributed by atoms with E-state index in [4.69, 9.17) is 0 Å². The Morgan fingerprint density at radius 1 is 0.700 bits per heavy atom. The van der Waals surface area contributed by atoms with Crippen LogP contribution in [0.2, 0.25) is 0 Å². The zero-order valence-electron chi connectivity index (χ0n) is 15.8. The van der Waals surface area contributed by atoms with Crippen LogP contribution in [-0.4, -0.2) is 47.1 Å². The predicted molar refractivity (Wildman–Crippen MR) is 97.3 cm³/mol. The van der Waals surface area contributed by atoms with Crippen molar-refractivity contribution in [1.29, 1.82) is 0 Å². The van der Waals surface area contributed by atoms with E-state index in [1.165, 1.54) is 49.7 Å². The summed E-state index contributed by atoms with van der Waals surface area (Å²) < 4.78 is 1.31. The molecule has 0 saturated carbocycles. The summed E-state index contributed by atoms with van der Waals surface area (Å²) in [5.41, 5.74) is 0. The molecule has 0 aromatic rings. The lowest BCUT2D eigenvalue weighted by molar-refractivity contribution is -0.923. The minimum absolute atomic E-state index is 0.0901. The highest BCUT2D eigenvalue weighted by atomic mass is 31.1. The molecule has 0 aliphatic heterocycles. The van der Waals surface area contributed by atoms with Gasteiger partial charge >= 0.3 is 0 Å². The maximum atomic E-state index is 2.44. The van der Waals surface area contributed by atoms with Crippen molar-refractivity contribution in [2.24, 2.45) is 0 Å². The van der Waals surface area contributed by atoms with Crippen LogP contribution in [0.25, 0.3) is 0 Å². The molecule has 0 unspecified atom stereocenters. The smallest absolute Gasteiger partial charge is 0.0786 e. The molecule has 0 amide bonds. The molecule has 0 atom stereocenters. The third kappa shape index (κ3) is 6.44. The van der Waals surface area contributed by atoms with Crippen molar-refractivity contribution in [3.63, 3.8) is 0 Å². The molecule has 0 aliphatic rings. The fourth-order valence-electron chi connectivity index (χ4n) is 3.54. The minimum Gasteiger partial charge on any atom is -0.324 e. The van der Waals surface area contributed by atoms with Crippen LogP contribution >= 0.6 is 7.92 Å². The summed E-state index contributed by atoms with van der Waals surface area (Å²) in [6.07, 6.45) is 4.26. The van der Waals surface area contributed by atoms with Crippen LogP contribution < -0.4 is 0 Å². The van der Waals surface area contributed by atoms with Crippen molar-refractivity contribution in [2.45, 2.75) is 85.5 Å². The normalized spacial score (nSPS) is 14.1. The average Bonchev–Trinajstić information content (AvgIpc) is 2.31. The summed E-state index contributed by atoms with van der Waals surface area (Å²) in [5.74, 6) is 0. The molecule has 122 valence electrons. The average molecular weight is 303 g/mol. The number of hydrogen-bond donors (Lipinski definition) is 0. The Hall–Kier alpha value is 0.390. The quantitative estimate of drug-likeness (QED) is 0.305. The molecule has 2 heteroatoms. The van der Waals surface area contributed by atoms with Gasteiger partial charge in [-0.2, -0.15) is 0 Å². The zero-order valence-corrected chi connectivity index (χ0v) is 16.7. The highest BCUT2D eigenvalue weighted by Gasteiger charge is 2.33. The van der Waals surface area contributed by atoms with E-state index >= 15 is 0 Å². The first kappa shape index (κ1) is 20.4. The summed E-state index contributed by atoms with van der Waals surface area (Å²) in [6, 6.07) is 0. The van der Waals surface area contributed by atoms with Gasteiger partial charge in [0.25, 0.3) is 0 Å². The maximum Gasteiger partial charge on any atom is 0.0786 e. The lowest BCUT2D eigenvalue weighted by Gasteiger charge is -2.42. The fraction of sp³-hybridized carbons (Fsp3) is 1.00. The van der Waals surface area contributed by atoms with Crippen LogP contribution in [0, 0.1) is 0 Å². The molecule has 0 N–H and O–H groups in total. The van der Waals surface area contributed by atoms with Crippen molar-refractivity contribution in [3.05, 3.63) is 0 Å². The van der Waals surface area contributed by atoms with Crippen molar-refractivity contribution in [3.8, 4) is 0 Å². The molecule has 0 radical (unpaired) electrons. The van der Waals surface area contributed by atoms with E-state index in [0.717, 1.165) is 0 Å². The standard InChI is InChI=1S/C18H41NP/c1-10-19(11-2,12-3)15-13-14-16-20(17(4,5)6)18(7,8)9/h10-16H2,1-9H3/q+1. The highest BCUT2D eigenvalue weighted by molar-refractivity contribution is 7.60. The Morgan fingerprint density at radius 3 is 1.40 bits per heavy atom.